The Morgan fingerprint density at radius 1 is 0.920 bits per heavy atom. The number of piperazine rings is 2. The van der Waals surface area contributed by atoms with Crippen molar-refractivity contribution in [3.63, 3.8) is 0 Å². The zero-order valence-corrected chi connectivity index (χ0v) is 30.3. The van der Waals surface area contributed by atoms with Gasteiger partial charge in [0.15, 0.2) is 5.60 Å². The highest BCUT2D eigenvalue weighted by molar-refractivity contribution is 6.91. The van der Waals surface area contributed by atoms with Crippen molar-refractivity contribution < 1.29 is 29.0 Å². The van der Waals surface area contributed by atoms with Gasteiger partial charge in [0.05, 0.1) is 46.6 Å². The van der Waals surface area contributed by atoms with Crippen LogP contribution in [0.2, 0.25) is 18.6 Å². The van der Waals surface area contributed by atoms with Gasteiger partial charge in [-0.15, -0.1) is 0 Å². The molecule has 0 aliphatic carbocycles. The highest BCUT2D eigenvalue weighted by Gasteiger charge is 2.66. The Bertz CT molecular complexity index is 1790. The molecule has 4 heterocycles. The molecule has 3 saturated heterocycles. The van der Waals surface area contributed by atoms with Crippen LogP contribution in [0.25, 0.3) is 0 Å². The number of fused-ring (bicyclic) bond motifs is 2. The van der Waals surface area contributed by atoms with Gasteiger partial charge in [-0.05, 0) is 60.0 Å². The molecule has 11 nitrogen and oxygen atoms in total. The molecular weight excluding hydrogens is 651 g/mol. The van der Waals surface area contributed by atoms with Crippen molar-refractivity contribution in [1.82, 2.24) is 10.6 Å². The van der Waals surface area contributed by atoms with Gasteiger partial charge in [0.2, 0.25) is 11.8 Å². The van der Waals surface area contributed by atoms with Gasteiger partial charge >= 0.3 is 0 Å². The number of amides is 3. The van der Waals surface area contributed by atoms with Crippen LogP contribution in [-0.4, -0.2) is 90.0 Å². The van der Waals surface area contributed by atoms with Gasteiger partial charge in [-0.25, -0.2) is 0 Å². The lowest BCUT2D eigenvalue weighted by Crippen LogP contribution is -2.52. The fraction of sp³-hybridized carbons (Fsp3) is 0.447. The molecule has 50 heavy (non-hydrogen) atoms. The second kappa shape index (κ2) is 13.6. The summed E-state index contributed by atoms with van der Waals surface area (Å²) in [7, 11) is -0.698. The molecule has 12 heteroatoms. The average Bonchev–Trinajstić information content (AvgIpc) is 3.55. The van der Waals surface area contributed by atoms with Crippen LogP contribution >= 0.6 is 0 Å². The Labute approximate surface area is 294 Å². The van der Waals surface area contributed by atoms with Crippen LogP contribution in [0.1, 0.15) is 24.5 Å². The van der Waals surface area contributed by atoms with Gasteiger partial charge in [0.1, 0.15) is 5.75 Å². The van der Waals surface area contributed by atoms with Crippen LogP contribution in [0, 0.1) is 5.92 Å². The summed E-state index contributed by atoms with van der Waals surface area (Å²) in [6.07, 6.45) is 0.0462. The van der Waals surface area contributed by atoms with Crippen LogP contribution in [0.3, 0.4) is 0 Å². The topological polar surface area (TPSA) is 124 Å². The molecular formula is C38H47N5O6Si. The van der Waals surface area contributed by atoms with Gasteiger partial charge in [-0.1, -0.05) is 49.5 Å². The first-order valence-electron chi connectivity index (χ1n) is 17.6. The summed E-state index contributed by atoms with van der Waals surface area (Å²) < 4.78 is 12.6. The lowest BCUT2D eigenvalue weighted by molar-refractivity contribution is -0.146. The van der Waals surface area contributed by atoms with Crippen molar-refractivity contribution in [3.05, 3.63) is 77.9 Å². The van der Waals surface area contributed by atoms with E-state index >= 15 is 4.79 Å². The minimum atomic E-state index is -2.35. The maximum atomic E-state index is 15.2. The largest absolute Gasteiger partial charge is 0.497 e. The van der Waals surface area contributed by atoms with Crippen LogP contribution < -0.4 is 35.3 Å². The number of benzene rings is 3. The first kappa shape index (κ1) is 34.4. The second-order valence-electron chi connectivity index (χ2n) is 14.4. The molecule has 4 aliphatic heterocycles. The van der Waals surface area contributed by atoms with E-state index in [0.717, 1.165) is 40.5 Å². The van der Waals surface area contributed by atoms with E-state index in [1.165, 1.54) is 5.19 Å². The van der Waals surface area contributed by atoms with Gasteiger partial charge in [-0.2, -0.15) is 0 Å². The summed E-state index contributed by atoms with van der Waals surface area (Å²) in [5.41, 5.74) is 2.65. The molecule has 264 valence electrons. The maximum absolute atomic E-state index is 15.2. The molecule has 7 rings (SSSR count). The number of hydrogen-bond donors (Lipinski definition) is 3. The second-order valence-corrected chi connectivity index (χ2v) is 19.1. The third-order valence-electron chi connectivity index (χ3n) is 11.3. The summed E-state index contributed by atoms with van der Waals surface area (Å²) in [5, 5.41) is 17.8. The molecule has 3 N–H and O–H groups in total. The van der Waals surface area contributed by atoms with E-state index in [1.54, 1.807) is 16.9 Å². The summed E-state index contributed by atoms with van der Waals surface area (Å²) in [6, 6.07) is 21.9. The zero-order chi connectivity index (χ0) is 35.2. The highest BCUT2D eigenvalue weighted by Crippen LogP contribution is 2.60. The van der Waals surface area contributed by atoms with E-state index in [2.05, 4.69) is 42.8 Å². The number of anilines is 3. The van der Waals surface area contributed by atoms with E-state index in [1.807, 2.05) is 59.5 Å². The summed E-state index contributed by atoms with van der Waals surface area (Å²) in [4.78, 5) is 46.4. The Balaban J connectivity index is 1.31. The summed E-state index contributed by atoms with van der Waals surface area (Å²) in [5.74, 6) is 0.404. The number of ether oxygens (including phenoxy) is 2. The van der Waals surface area contributed by atoms with Crippen LogP contribution in [0.15, 0.2) is 66.7 Å². The van der Waals surface area contributed by atoms with Gasteiger partial charge in [-0.3, -0.25) is 14.4 Å². The number of methoxy groups -OCH3 is 1. The minimum Gasteiger partial charge on any atom is -0.497 e. The number of hydrogen-bond acceptors (Lipinski definition) is 8. The van der Waals surface area contributed by atoms with Crippen molar-refractivity contribution in [2.45, 2.75) is 50.2 Å². The lowest BCUT2D eigenvalue weighted by Gasteiger charge is -2.37. The van der Waals surface area contributed by atoms with Crippen LogP contribution in [0.5, 0.6) is 5.75 Å². The summed E-state index contributed by atoms with van der Waals surface area (Å²) in [6.45, 7) is 10.1. The van der Waals surface area contributed by atoms with Crippen molar-refractivity contribution in [2.75, 3.05) is 67.7 Å². The molecule has 3 aromatic carbocycles. The number of aliphatic hydroxyl groups excluding tert-OH is 1. The number of nitrogens with one attached hydrogen (secondary N) is 2. The van der Waals surface area contributed by atoms with Gasteiger partial charge in [0.25, 0.3) is 5.91 Å². The molecule has 3 aromatic rings. The first-order valence-corrected chi connectivity index (χ1v) is 20.7. The number of aliphatic hydroxyl groups is 1. The molecule has 3 amide bonds. The molecule has 0 aromatic heterocycles. The van der Waals surface area contributed by atoms with Gasteiger partial charge in [0, 0.05) is 55.6 Å². The first-order chi connectivity index (χ1) is 24.1. The smallest absolute Gasteiger partial charge is 0.264 e. The highest BCUT2D eigenvalue weighted by atomic mass is 28.3. The summed E-state index contributed by atoms with van der Waals surface area (Å²) >= 11 is 0. The quantitative estimate of drug-likeness (QED) is 0.292. The molecule has 0 bridgehead atoms. The van der Waals surface area contributed by atoms with Crippen LogP contribution in [-0.2, 0) is 31.3 Å². The Morgan fingerprint density at radius 2 is 1.58 bits per heavy atom. The Hall–Kier alpha value is -4.07. The van der Waals surface area contributed by atoms with E-state index < -0.39 is 13.7 Å². The lowest BCUT2D eigenvalue weighted by atomic mass is 9.82. The fourth-order valence-electron chi connectivity index (χ4n) is 8.79. The standard InChI is InChI=1S/C38H47N5O6Si/c1-25-36(50(3,4)30-11-9-29(48-2)10-12-30)33(14-19-44)49-38(25)31-21-28(42-18-16-40-23-35(42)46)8-13-32(31)43(37(38)47)24-26-6-5-7-27(20-26)41-17-15-39-22-34(41)45/h5-13,20-21,25,33,36,39-40,44H,14-19,22-24H2,1-4H3/t25-,33+,36-,38+/m1/s1. The monoisotopic (exact) mass is 697 g/mol. The fourth-order valence-corrected chi connectivity index (χ4v) is 12.8. The van der Waals surface area contributed by atoms with Gasteiger partial charge < -0.3 is 39.9 Å². The molecule has 0 saturated carbocycles. The van der Waals surface area contributed by atoms with Crippen molar-refractivity contribution in [2.24, 2.45) is 5.92 Å². The normalized spacial score (nSPS) is 25.5. The molecule has 4 aliphatic rings. The number of carbonyl (C=O) groups excluding carboxylic acids is 3. The third kappa shape index (κ3) is 5.72. The van der Waals surface area contributed by atoms with E-state index in [4.69, 9.17) is 9.47 Å². The molecule has 0 radical (unpaired) electrons. The van der Waals surface area contributed by atoms with Crippen molar-refractivity contribution in [1.29, 1.82) is 0 Å². The molecule has 0 unspecified atom stereocenters. The molecule has 3 fully saturated rings. The van der Waals surface area contributed by atoms with E-state index in [-0.39, 0.29) is 48.4 Å². The predicted octanol–water partition coefficient (Wildman–Crippen LogP) is 2.71. The third-order valence-corrected chi connectivity index (χ3v) is 15.6. The van der Waals surface area contributed by atoms with Crippen LogP contribution in [0.4, 0.5) is 17.1 Å². The molecule has 1 spiro atoms. The van der Waals surface area contributed by atoms with E-state index in [0.29, 0.717) is 39.1 Å². The SMILES string of the molecule is COc1ccc([Si](C)(C)[C@H]2[C@H](CCO)O[C@@]3(C(=O)N(Cc4cccc(N5CCNCC5=O)c4)c4ccc(N5CCNCC5=O)cc43)[C@@H]2C)cc1. The predicted molar refractivity (Wildman–Crippen MR) is 196 cm³/mol. The zero-order valence-electron chi connectivity index (χ0n) is 29.3. The Morgan fingerprint density at radius 3 is 2.20 bits per heavy atom. The average molecular weight is 698 g/mol. The van der Waals surface area contributed by atoms with E-state index in [9.17, 15) is 14.7 Å². The van der Waals surface area contributed by atoms with Crippen molar-refractivity contribution in [3.8, 4) is 5.75 Å². The number of nitrogens with zero attached hydrogens (tertiary/aromatic N) is 3. The maximum Gasteiger partial charge on any atom is 0.264 e. The van der Waals surface area contributed by atoms with Crippen molar-refractivity contribution >= 4 is 48.0 Å². The number of rotatable bonds is 9. The minimum absolute atomic E-state index is 0.00804. The number of carbonyl (C=O) groups is 3. The molecule has 4 atom stereocenters. The Kier molecular flexibility index (Phi) is 9.33.